The Morgan fingerprint density at radius 3 is 3.03 bits per heavy atom. The highest BCUT2D eigenvalue weighted by Crippen LogP contribution is 2.40. The van der Waals surface area contributed by atoms with E-state index in [2.05, 4.69) is 38.1 Å². The molecule has 1 unspecified atom stereocenters. The molecule has 29 heavy (non-hydrogen) atoms. The van der Waals surface area contributed by atoms with E-state index in [1.54, 1.807) is 11.3 Å². The number of nitro benzene ring substituents is 1. The Labute approximate surface area is 178 Å². The second-order valence-electron chi connectivity index (χ2n) is 6.97. The van der Waals surface area contributed by atoms with Crippen molar-refractivity contribution >= 4 is 54.8 Å². The molecule has 0 aliphatic heterocycles. The summed E-state index contributed by atoms with van der Waals surface area (Å²) in [6.45, 7) is 2.02. The number of aryl methyl sites for hydroxylation is 1. The molecule has 3 aromatic rings. The number of benzene rings is 1. The summed E-state index contributed by atoms with van der Waals surface area (Å²) in [5.41, 5.74) is 1.60. The second kappa shape index (κ2) is 8.03. The normalized spacial score (nSPS) is 15.7. The largest absolute Gasteiger partial charge is 0.467 e. The number of rotatable bonds is 5. The number of amides is 1. The zero-order valence-electron chi connectivity index (χ0n) is 15.5. The van der Waals surface area contributed by atoms with E-state index in [0.29, 0.717) is 22.0 Å². The summed E-state index contributed by atoms with van der Waals surface area (Å²) in [5, 5.41) is 14.4. The maximum atomic E-state index is 12.3. The fraction of sp³-hybridized carbons (Fsp3) is 0.316. The third-order valence-corrected chi connectivity index (χ3v) is 6.65. The summed E-state index contributed by atoms with van der Waals surface area (Å²) >= 11 is 4.90. The van der Waals surface area contributed by atoms with E-state index < -0.39 is 4.92 Å². The number of halogens is 1. The van der Waals surface area contributed by atoms with Gasteiger partial charge in [0.2, 0.25) is 5.88 Å². The number of nitro groups is 1. The number of hydrogen-bond donors (Lipinski definition) is 1. The molecule has 1 N–H and O–H groups in total. The van der Waals surface area contributed by atoms with Crippen LogP contribution in [0.4, 0.5) is 11.4 Å². The molecule has 2 aromatic heterocycles. The van der Waals surface area contributed by atoms with Crippen molar-refractivity contribution in [3.63, 3.8) is 0 Å². The van der Waals surface area contributed by atoms with Gasteiger partial charge in [-0.05, 0) is 52.7 Å². The quantitative estimate of drug-likeness (QED) is 0.428. The molecule has 1 aliphatic carbocycles. The van der Waals surface area contributed by atoms with Gasteiger partial charge in [-0.2, -0.15) is 0 Å². The summed E-state index contributed by atoms with van der Waals surface area (Å²) in [7, 11) is 0. The number of non-ortho nitro benzene ring substituents is 1. The number of thiophene rings is 1. The Morgan fingerprint density at radius 2 is 2.28 bits per heavy atom. The molecule has 0 saturated carbocycles. The highest BCUT2D eigenvalue weighted by molar-refractivity contribution is 9.10. The smallest absolute Gasteiger partial charge is 0.270 e. The van der Waals surface area contributed by atoms with E-state index in [4.69, 9.17) is 4.74 Å². The molecule has 0 fully saturated rings. The van der Waals surface area contributed by atoms with E-state index in [-0.39, 0.29) is 18.2 Å². The van der Waals surface area contributed by atoms with Crippen molar-refractivity contribution in [3.05, 3.63) is 49.6 Å². The van der Waals surface area contributed by atoms with E-state index in [9.17, 15) is 14.9 Å². The van der Waals surface area contributed by atoms with Crippen molar-refractivity contribution in [1.29, 1.82) is 0 Å². The van der Waals surface area contributed by atoms with Gasteiger partial charge in [-0.3, -0.25) is 14.9 Å². The van der Waals surface area contributed by atoms with Gasteiger partial charge in [0, 0.05) is 21.5 Å². The van der Waals surface area contributed by atoms with Gasteiger partial charge in [0.1, 0.15) is 11.2 Å². The molecule has 1 aromatic carbocycles. The molecule has 0 radical (unpaired) electrons. The maximum absolute atomic E-state index is 12.3. The average molecular weight is 477 g/mol. The van der Waals surface area contributed by atoms with Crippen LogP contribution in [0.3, 0.4) is 0 Å². The van der Waals surface area contributed by atoms with Crippen LogP contribution in [0.5, 0.6) is 5.88 Å². The van der Waals surface area contributed by atoms with Crippen molar-refractivity contribution in [2.24, 2.45) is 5.92 Å². The van der Waals surface area contributed by atoms with Crippen molar-refractivity contribution in [2.75, 3.05) is 11.9 Å². The minimum atomic E-state index is -0.498. The standard InChI is InChI=1S/C19H17BrN4O4S/c1-10-2-4-12-15(6-10)29-19-17(12)18(21-9-22-19)28-8-16(25)23-14-5-3-11(24(26)27)7-13(14)20/h3,5,7,9-10H,2,4,6,8H2,1H3,(H,23,25). The minimum Gasteiger partial charge on any atom is -0.467 e. The summed E-state index contributed by atoms with van der Waals surface area (Å²) in [4.78, 5) is 33.5. The van der Waals surface area contributed by atoms with E-state index in [0.717, 1.165) is 29.5 Å². The first-order valence-electron chi connectivity index (χ1n) is 9.04. The van der Waals surface area contributed by atoms with Crippen LogP contribution in [-0.2, 0) is 17.6 Å². The molecular weight excluding hydrogens is 460 g/mol. The third-order valence-electron chi connectivity index (χ3n) is 4.83. The fourth-order valence-corrected chi connectivity index (χ4v) is 5.20. The van der Waals surface area contributed by atoms with Crippen LogP contribution in [0, 0.1) is 16.0 Å². The monoisotopic (exact) mass is 476 g/mol. The number of hydrogen-bond acceptors (Lipinski definition) is 7. The Hall–Kier alpha value is -2.59. The molecular formula is C19H17BrN4O4S. The SMILES string of the molecule is CC1CCc2c(sc3ncnc(OCC(=O)Nc4ccc([N+](=O)[O-])cc4Br)c23)C1. The van der Waals surface area contributed by atoms with Crippen molar-refractivity contribution < 1.29 is 14.5 Å². The predicted molar refractivity (Wildman–Crippen MR) is 114 cm³/mol. The molecule has 2 heterocycles. The van der Waals surface area contributed by atoms with Crippen molar-refractivity contribution in [1.82, 2.24) is 9.97 Å². The average Bonchev–Trinajstić information content (AvgIpc) is 3.05. The fourth-order valence-electron chi connectivity index (χ4n) is 3.39. The van der Waals surface area contributed by atoms with Gasteiger partial charge in [0.05, 0.1) is 16.0 Å². The first-order chi connectivity index (χ1) is 13.9. The Bertz CT molecular complexity index is 1120. The molecule has 0 bridgehead atoms. The molecule has 8 nitrogen and oxygen atoms in total. The number of fused-ring (bicyclic) bond motifs is 3. The van der Waals surface area contributed by atoms with Gasteiger partial charge in [0.25, 0.3) is 11.6 Å². The van der Waals surface area contributed by atoms with Gasteiger partial charge < -0.3 is 10.1 Å². The molecule has 10 heteroatoms. The number of nitrogens with one attached hydrogen (secondary N) is 1. The number of aromatic nitrogens is 2. The Kier molecular flexibility index (Phi) is 5.46. The minimum absolute atomic E-state index is 0.0638. The molecule has 150 valence electrons. The summed E-state index contributed by atoms with van der Waals surface area (Å²) < 4.78 is 6.15. The molecule has 1 aliphatic rings. The number of carbonyl (C=O) groups is 1. The zero-order valence-corrected chi connectivity index (χ0v) is 17.9. The lowest BCUT2D eigenvalue weighted by Gasteiger charge is -2.18. The van der Waals surface area contributed by atoms with Gasteiger partial charge in [-0.25, -0.2) is 9.97 Å². The molecule has 0 spiro atoms. The van der Waals surface area contributed by atoms with Crippen LogP contribution in [-0.4, -0.2) is 27.4 Å². The Morgan fingerprint density at radius 1 is 1.45 bits per heavy atom. The van der Waals surface area contributed by atoms with Crippen LogP contribution in [0.15, 0.2) is 29.0 Å². The topological polar surface area (TPSA) is 107 Å². The number of nitrogens with zero attached hydrogens (tertiary/aromatic N) is 3. The van der Waals surface area contributed by atoms with Crippen molar-refractivity contribution in [2.45, 2.75) is 26.2 Å². The first kappa shape index (κ1) is 19.7. The summed E-state index contributed by atoms with van der Waals surface area (Å²) in [6, 6.07) is 4.14. The van der Waals surface area contributed by atoms with Crippen LogP contribution in [0.1, 0.15) is 23.8 Å². The molecule has 1 atom stereocenters. The maximum Gasteiger partial charge on any atom is 0.270 e. The van der Waals surface area contributed by atoms with Gasteiger partial charge in [0.15, 0.2) is 6.61 Å². The lowest BCUT2D eigenvalue weighted by atomic mass is 9.89. The van der Waals surface area contributed by atoms with E-state index in [1.165, 1.54) is 35.0 Å². The zero-order chi connectivity index (χ0) is 20.5. The van der Waals surface area contributed by atoms with Crippen molar-refractivity contribution in [3.8, 4) is 5.88 Å². The number of carbonyl (C=O) groups excluding carboxylic acids is 1. The Balaban J connectivity index is 1.49. The number of anilines is 1. The van der Waals surface area contributed by atoms with Gasteiger partial charge >= 0.3 is 0 Å². The highest BCUT2D eigenvalue weighted by Gasteiger charge is 2.24. The molecule has 1 amide bonds. The van der Waals surface area contributed by atoms with Gasteiger partial charge in [-0.1, -0.05) is 6.92 Å². The predicted octanol–water partition coefficient (Wildman–Crippen LogP) is 4.50. The third kappa shape index (κ3) is 4.08. The lowest BCUT2D eigenvalue weighted by Crippen LogP contribution is -2.21. The first-order valence-corrected chi connectivity index (χ1v) is 10.6. The molecule has 0 saturated heterocycles. The highest BCUT2D eigenvalue weighted by atomic mass is 79.9. The second-order valence-corrected chi connectivity index (χ2v) is 8.91. The summed E-state index contributed by atoms with van der Waals surface area (Å²) in [6.07, 6.45) is 4.56. The van der Waals surface area contributed by atoms with E-state index in [1.807, 2.05) is 0 Å². The lowest BCUT2D eigenvalue weighted by molar-refractivity contribution is -0.384. The van der Waals surface area contributed by atoms with Crippen LogP contribution in [0.2, 0.25) is 0 Å². The van der Waals surface area contributed by atoms with Gasteiger partial charge in [-0.15, -0.1) is 11.3 Å². The number of ether oxygens (including phenoxy) is 1. The summed E-state index contributed by atoms with van der Waals surface area (Å²) in [5.74, 6) is 0.683. The molecule has 4 rings (SSSR count). The van der Waals surface area contributed by atoms with E-state index >= 15 is 0 Å². The van der Waals surface area contributed by atoms with Crippen LogP contribution < -0.4 is 10.1 Å². The van der Waals surface area contributed by atoms with Crippen LogP contribution >= 0.6 is 27.3 Å². The van der Waals surface area contributed by atoms with Crippen LogP contribution in [0.25, 0.3) is 10.2 Å².